The molecule has 0 unspecified atom stereocenters. The van der Waals surface area contributed by atoms with Gasteiger partial charge in [-0.15, -0.1) is 0 Å². The van der Waals surface area contributed by atoms with Crippen LogP contribution < -0.4 is 5.73 Å². The normalized spacial score (nSPS) is 10.1. The number of carbonyl (C=O) groups is 1. The predicted molar refractivity (Wildman–Crippen MR) is 45.4 cm³/mol. The highest BCUT2D eigenvalue weighted by atomic mass is 79.9. The van der Waals surface area contributed by atoms with E-state index < -0.39 is 28.9 Å². The molecule has 0 amide bonds. The molecule has 0 atom stereocenters. The van der Waals surface area contributed by atoms with Crippen LogP contribution in [0.5, 0.6) is 0 Å². The zero-order chi connectivity index (χ0) is 10.2. The van der Waals surface area contributed by atoms with Crippen molar-refractivity contribution in [3.05, 3.63) is 27.7 Å². The first-order valence-electron chi connectivity index (χ1n) is 3.11. The summed E-state index contributed by atoms with van der Waals surface area (Å²) in [5.74, 6) is -4.35. The second kappa shape index (κ2) is 3.29. The molecular formula is C7H4BrF2NO2. The Hall–Kier alpha value is -1.17. The summed E-state index contributed by atoms with van der Waals surface area (Å²) in [6.45, 7) is 0. The highest BCUT2D eigenvalue weighted by Crippen LogP contribution is 2.27. The quantitative estimate of drug-likeness (QED) is 0.593. The van der Waals surface area contributed by atoms with Crippen LogP contribution in [-0.4, -0.2) is 11.1 Å². The summed E-state index contributed by atoms with van der Waals surface area (Å²) in [5, 5.41) is 8.44. The monoisotopic (exact) mass is 251 g/mol. The van der Waals surface area contributed by atoms with Gasteiger partial charge in [-0.05, 0) is 22.0 Å². The summed E-state index contributed by atoms with van der Waals surface area (Å²) >= 11 is 2.80. The van der Waals surface area contributed by atoms with E-state index in [-0.39, 0.29) is 4.47 Å². The van der Waals surface area contributed by atoms with Crippen molar-refractivity contribution >= 4 is 27.6 Å². The molecule has 0 bridgehead atoms. The fourth-order valence-corrected chi connectivity index (χ4v) is 1.17. The van der Waals surface area contributed by atoms with Crippen LogP contribution >= 0.6 is 15.9 Å². The average molecular weight is 252 g/mol. The van der Waals surface area contributed by atoms with E-state index in [4.69, 9.17) is 10.8 Å². The summed E-state index contributed by atoms with van der Waals surface area (Å²) in [4.78, 5) is 10.4. The van der Waals surface area contributed by atoms with Crippen LogP contribution in [0.3, 0.4) is 0 Å². The highest BCUT2D eigenvalue weighted by Gasteiger charge is 2.19. The van der Waals surface area contributed by atoms with Crippen molar-refractivity contribution < 1.29 is 18.7 Å². The highest BCUT2D eigenvalue weighted by molar-refractivity contribution is 9.10. The lowest BCUT2D eigenvalue weighted by molar-refractivity contribution is 0.0690. The number of nitrogens with two attached hydrogens (primary N) is 1. The first-order chi connectivity index (χ1) is 5.95. The average Bonchev–Trinajstić information content (AvgIpc) is 2.07. The summed E-state index contributed by atoms with van der Waals surface area (Å²) < 4.78 is 25.7. The van der Waals surface area contributed by atoms with E-state index in [9.17, 15) is 13.6 Å². The van der Waals surface area contributed by atoms with Crippen LogP contribution in [0.1, 0.15) is 10.4 Å². The maximum atomic E-state index is 12.8. The second-order valence-electron chi connectivity index (χ2n) is 2.25. The van der Waals surface area contributed by atoms with Crippen molar-refractivity contribution in [2.24, 2.45) is 0 Å². The number of halogens is 3. The lowest BCUT2D eigenvalue weighted by Crippen LogP contribution is -2.06. The van der Waals surface area contributed by atoms with Crippen LogP contribution in [0, 0.1) is 11.6 Å². The van der Waals surface area contributed by atoms with Crippen molar-refractivity contribution in [3.8, 4) is 0 Å². The Morgan fingerprint density at radius 2 is 2.00 bits per heavy atom. The smallest absolute Gasteiger partial charge is 0.338 e. The SMILES string of the molecule is Nc1c(Br)cc(C(=O)O)c(F)c1F. The third-order valence-corrected chi connectivity index (χ3v) is 2.08. The zero-order valence-electron chi connectivity index (χ0n) is 6.14. The van der Waals surface area contributed by atoms with Gasteiger partial charge >= 0.3 is 5.97 Å². The standard InChI is InChI=1S/C7H4BrF2NO2/c8-3-1-2(7(12)13)4(9)5(10)6(3)11/h1H,11H2,(H,12,13). The van der Waals surface area contributed by atoms with Gasteiger partial charge in [-0.2, -0.15) is 0 Å². The van der Waals surface area contributed by atoms with Crippen LogP contribution in [-0.2, 0) is 0 Å². The van der Waals surface area contributed by atoms with Gasteiger partial charge < -0.3 is 10.8 Å². The lowest BCUT2D eigenvalue weighted by Gasteiger charge is -2.03. The van der Waals surface area contributed by atoms with Gasteiger partial charge in [0.1, 0.15) is 0 Å². The van der Waals surface area contributed by atoms with Gasteiger partial charge in [-0.3, -0.25) is 0 Å². The number of rotatable bonds is 1. The third kappa shape index (κ3) is 1.62. The molecule has 1 aromatic rings. The van der Waals surface area contributed by atoms with E-state index in [0.29, 0.717) is 0 Å². The number of anilines is 1. The molecule has 13 heavy (non-hydrogen) atoms. The van der Waals surface area contributed by atoms with Crippen molar-refractivity contribution in [2.75, 3.05) is 5.73 Å². The molecule has 0 aliphatic rings. The minimum atomic E-state index is -1.54. The van der Waals surface area contributed by atoms with E-state index in [1.54, 1.807) is 0 Å². The predicted octanol–water partition coefficient (Wildman–Crippen LogP) is 2.01. The van der Waals surface area contributed by atoms with Crippen molar-refractivity contribution in [3.63, 3.8) is 0 Å². The molecule has 6 heteroatoms. The molecule has 0 saturated heterocycles. The van der Waals surface area contributed by atoms with E-state index >= 15 is 0 Å². The maximum absolute atomic E-state index is 12.8. The molecule has 0 aliphatic heterocycles. The Kier molecular flexibility index (Phi) is 2.51. The number of benzene rings is 1. The molecule has 70 valence electrons. The fraction of sp³-hybridized carbons (Fsp3) is 0. The molecule has 0 saturated carbocycles. The summed E-state index contributed by atoms with van der Waals surface area (Å²) in [5.41, 5.74) is 3.90. The first-order valence-corrected chi connectivity index (χ1v) is 3.90. The van der Waals surface area contributed by atoms with Crippen LogP contribution in [0.25, 0.3) is 0 Å². The molecule has 3 nitrogen and oxygen atoms in total. The first kappa shape index (κ1) is 9.91. The summed E-state index contributed by atoms with van der Waals surface area (Å²) in [7, 11) is 0. The largest absolute Gasteiger partial charge is 0.478 e. The van der Waals surface area contributed by atoms with Gasteiger partial charge in [-0.25, -0.2) is 13.6 Å². The molecule has 0 spiro atoms. The van der Waals surface area contributed by atoms with Crippen LogP contribution in [0.4, 0.5) is 14.5 Å². The van der Waals surface area contributed by atoms with Crippen molar-refractivity contribution in [2.45, 2.75) is 0 Å². The van der Waals surface area contributed by atoms with Gasteiger partial charge in [0, 0.05) is 4.47 Å². The Morgan fingerprint density at radius 1 is 1.46 bits per heavy atom. The Bertz CT molecular complexity index is 381. The second-order valence-corrected chi connectivity index (χ2v) is 3.11. The molecule has 0 fully saturated rings. The topological polar surface area (TPSA) is 63.3 Å². The van der Waals surface area contributed by atoms with E-state index in [1.807, 2.05) is 0 Å². The number of nitrogen functional groups attached to an aromatic ring is 1. The van der Waals surface area contributed by atoms with E-state index in [2.05, 4.69) is 15.9 Å². The van der Waals surface area contributed by atoms with Gasteiger partial charge in [0.15, 0.2) is 11.6 Å². The van der Waals surface area contributed by atoms with Crippen molar-refractivity contribution in [1.82, 2.24) is 0 Å². The van der Waals surface area contributed by atoms with Gasteiger partial charge in [0.2, 0.25) is 0 Å². The molecule has 0 aromatic heterocycles. The fourth-order valence-electron chi connectivity index (χ4n) is 0.765. The Morgan fingerprint density at radius 3 is 2.46 bits per heavy atom. The molecule has 0 aliphatic carbocycles. The third-order valence-electron chi connectivity index (χ3n) is 1.42. The summed E-state index contributed by atoms with van der Waals surface area (Å²) in [6.07, 6.45) is 0. The molecule has 1 rings (SSSR count). The minimum Gasteiger partial charge on any atom is -0.478 e. The molecule has 0 radical (unpaired) electrons. The zero-order valence-corrected chi connectivity index (χ0v) is 7.73. The van der Waals surface area contributed by atoms with E-state index in [1.165, 1.54) is 0 Å². The van der Waals surface area contributed by atoms with Gasteiger partial charge in [0.05, 0.1) is 11.3 Å². The molecule has 0 heterocycles. The molecule has 3 N–H and O–H groups in total. The number of hydrogen-bond acceptors (Lipinski definition) is 2. The van der Waals surface area contributed by atoms with Crippen LogP contribution in [0.2, 0.25) is 0 Å². The lowest BCUT2D eigenvalue weighted by atomic mass is 10.2. The van der Waals surface area contributed by atoms with Crippen molar-refractivity contribution in [1.29, 1.82) is 0 Å². The van der Waals surface area contributed by atoms with Gasteiger partial charge in [-0.1, -0.05) is 0 Å². The molecule has 1 aromatic carbocycles. The maximum Gasteiger partial charge on any atom is 0.338 e. The van der Waals surface area contributed by atoms with E-state index in [0.717, 1.165) is 6.07 Å². The number of aromatic carboxylic acids is 1. The Balaban J connectivity index is 3.50. The number of hydrogen-bond donors (Lipinski definition) is 2. The minimum absolute atomic E-state index is 0.0174. The van der Waals surface area contributed by atoms with Gasteiger partial charge in [0.25, 0.3) is 0 Å². The number of carboxylic acids is 1. The Labute approximate surface area is 80.3 Å². The van der Waals surface area contributed by atoms with Crippen LogP contribution in [0.15, 0.2) is 10.5 Å². The summed E-state index contributed by atoms with van der Waals surface area (Å²) in [6, 6.07) is 0.913. The number of carboxylic acid groups (broad SMARTS) is 1. The molecular weight excluding hydrogens is 248 g/mol.